The number of aromatic hydroxyl groups is 1. The van der Waals surface area contributed by atoms with Crippen molar-refractivity contribution in [1.82, 2.24) is 5.32 Å². The van der Waals surface area contributed by atoms with Crippen LogP contribution >= 0.6 is 0 Å². The summed E-state index contributed by atoms with van der Waals surface area (Å²) in [5, 5.41) is 50.6. The zero-order chi connectivity index (χ0) is 40.3. The Kier molecular flexibility index (Phi) is 9.82. The number of phenolic OH excluding ortho intramolecular Hbond substituents is 1. The van der Waals surface area contributed by atoms with Gasteiger partial charge in [0.2, 0.25) is 0 Å². The maximum atomic E-state index is 12.9. The molecule has 0 spiro atoms. The first-order valence-electron chi connectivity index (χ1n) is 19.4. The van der Waals surface area contributed by atoms with Crippen LogP contribution in [0.3, 0.4) is 0 Å². The number of benzene rings is 3. The van der Waals surface area contributed by atoms with Crippen LogP contribution in [0.25, 0.3) is 33.4 Å². The average molecular weight is 779 g/mol. The zero-order valence-corrected chi connectivity index (χ0v) is 31.8. The molecular formula is C44H46N2O11. The zero-order valence-electron chi connectivity index (χ0n) is 31.8. The number of carbonyl (C=O) groups is 3. The van der Waals surface area contributed by atoms with Gasteiger partial charge < -0.3 is 39.7 Å². The standard InChI is InChI=1S/C44H46N2O11/c1-42-13-11-26(16-25(42)4-8-29-33-12-14-44(54,38(52)21-47)43(33,2)19-34(51)41(29)42)46-56-22-39(53)45-20-24-3-7-30(35(15-24)55-23-48)40-31-9-5-27(49)17-36(31)57-37-18-28(50)6-10-32(37)40/h3,5-7,9-10,15-18,23,29,33-34,41,47,49,51,54H,4,8,11-14,19-22H2,1-2H3,(H,45,53)/b46-26+/t29?,33?,34-,41?,42-,43-,44-/m0/s1. The van der Waals surface area contributed by atoms with Crippen LogP contribution in [0.4, 0.5) is 0 Å². The van der Waals surface area contributed by atoms with Gasteiger partial charge in [0.25, 0.3) is 12.4 Å². The highest BCUT2D eigenvalue weighted by atomic mass is 16.6. The predicted octanol–water partition coefficient (Wildman–Crippen LogP) is 5.02. The van der Waals surface area contributed by atoms with E-state index in [0.717, 1.165) is 19.3 Å². The summed E-state index contributed by atoms with van der Waals surface area (Å²) in [5.41, 5.74) is 1.68. The van der Waals surface area contributed by atoms with E-state index in [1.165, 1.54) is 29.8 Å². The molecule has 2 aromatic rings. The monoisotopic (exact) mass is 778 g/mol. The predicted molar refractivity (Wildman–Crippen MR) is 208 cm³/mol. The van der Waals surface area contributed by atoms with Crippen LogP contribution in [0.15, 0.2) is 80.6 Å². The van der Waals surface area contributed by atoms with Crippen molar-refractivity contribution < 1.29 is 48.8 Å². The summed E-state index contributed by atoms with van der Waals surface area (Å²) in [6, 6.07) is 14.2. The van der Waals surface area contributed by atoms with Crippen LogP contribution in [0.2, 0.25) is 0 Å². The molecule has 57 heavy (non-hydrogen) atoms. The van der Waals surface area contributed by atoms with Gasteiger partial charge in [0.15, 0.2) is 17.8 Å². The Morgan fingerprint density at radius 1 is 1.04 bits per heavy atom. The van der Waals surface area contributed by atoms with Crippen molar-refractivity contribution >= 4 is 34.8 Å². The fraction of sp³-hybridized carbons (Fsp3) is 0.432. The Bertz CT molecular complexity index is 2370. The van der Waals surface area contributed by atoms with Crippen LogP contribution in [0.1, 0.15) is 64.4 Å². The van der Waals surface area contributed by atoms with Gasteiger partial charge >= 0.3 is 0 Å². The largest absolute Gasteiger partial charge is 0.508 e. The van der Waals surface area contributed by atoms with E-state index in [4.69, 9.17) is 14.0 Å². The van der Waals surface area contributed by atoms with E-state index in [1.807, 2.05) is 13.0 Å². The van der Waals surface area contributed by atoms with E-state index < -0.39 is 35.4 Å². The topological polar surface area (TPSA) is 205 Å². The van der Waals surface area contributed by atoms with E-state index in [-0.39, 0.29) is 53.2 Å². The molecule has 298 valence electrons. The molecule has 0 bridgehead atoms. The molecule has 5 N–H and O–H groups in total. The van der Waals surface area contributed by atoms with Crippen LogP contribution in [-0.2, 0) is 25.8 Å². The molecule has 3 unspecified atom stereocenters. The second kappa shape index (κ2) is 14.5. The van der Waals surface area contributed by atoms with E-state index in [9.17, 15) is 39.6 Å². The highest BCUT2D eigenvalue weighted by Crippen LogP contribution is 2.67. The van der Waals surface area contributed by atoms with E-state index in [2.05, 4.69) is 17.4 Å². The molecule has 0 radical (unpaired) electrons. The first-order chi connectivity index (χ1) is 27.3. The lowest BCUT2D eigenvalue weighted by Gasteiger charge is -2.60. The number of aliphatic hydroxyl groups excluding tert-OH is 2. The third kappa shape index (κ3) is 6.41. The lowest BCUT2D eigenvalue weighted by molar-refractivity contribution is -0.181. The molecule has 8 rings (SSSR count). The number of ketones is 1. The van der Waals surface area contributed by atoms with Gasteiger partial charge in [0.1, 0.15) is 35.1 Å². The van der Waals surface area contributed by atoms with Gasteiger partial charge in [-0.05, 0) is 110 Å². The SMILES string of the molecule is C[C@]12CC/C(=N\OCC(=O)NCc3ccc(-c4c5ccc(=O)cc-5oc5cc(O)ccc45)c(OC=O)c3)C=C1CCC1C2[C@@H](O)C[C@@]2(C)C1CC[C@]2(O)C(=O)CO. The number of amides is 1. The van der Waals surface area contributed by atoms with Crippen molar-refractivity contribution in [2.75, 3.05) is 13.2 Å². The number of hydrogen-bond acceptors (Lipinski definition) is 12. The highest BCUT2D eigenvalue weighted by Gasteiger charge is 2.68. The van der Waals surface area contributed by atoms with Gasteiger partial charge in [-0.15, -0.1) is 0 Å². The molecule has 7 atom stereocenters. The highest BCUT2D eigenvalue weighted by molar-refractivity contribution is 6.03. The Morgan fingerprint density at radius 3 is 2.63 bits per heavy atom. The molecule has 6 aliphatic rings. The first kappa shape index (κ1) is 38.5. The van der Waals surface area contributed by atoms with Gasteiger partial charge in [-0.25, -0.2) is 0 Å². The van der Waals surface area contributed by atoms with Gasteiger partial charge in [-0.3, -0.25) is 19.2 Å². The normalized spacial score (nSPS) is 29.9. The molecule has 3 saturated carbocycles. The van der Waals surface area contributed by atoms with Gasteiger partial charge in [-0.1, -0.05) is 36.7 Å². The minimum Gasteiger partial charge on any atom is -0.508 e. The van der Waals surface area contributed by atoms with Crippen molar-refractivity contribution in [2.24, 2.45) is 33.7 Å². The van der Waals surface area contributed by atoms with Crippen molar-refractivity contribution in [2.45, 2.75) is 77.0 Å². The average Bonchev–Trinajstić information content (AvgIpc) is 3.46. The summed E-state index contributed by atoms with van der Waals surface area (Å²) in [5.74, 6) is -0.307. The number of fused-ring (bicyclic) bond motifs is 7. The second-order valence-corrected chi connectivity index (χ2v) is 16.6. The van der Waals surface area contributed by atoms with Gasteiger partial charge in [0.05, 0.1) is 11.8 Å². The molecule has 13 nitrogen and oxygen atoms in total. The molecule has 0 saturated heterocycles. The number of nitrogens with zero attached hydrogens (tertiary/aromatic N) is 1. The number of hydrogen-bond donors (Lipinski definition) is 5. The van der Waals surface area contributed by atoms with Crippen LogP contribution in [-0.4, -0.2) is 69.2 Å². The van der Waals surface area contributed by atoms with Gasteiger partial charge in [0, 0.05) is 46.2 Å². The van der Waals surface area contributed by atoms with Crippen molar-refractivity contribution in [3.63, 3.8) is 0 Å². The number of allylic oxidation sites excluding steroid dienone is 2. The molecule has 1 heterocycles. The Morgan fingerprint density at radius 2 is 1.84 bits per heavy atom. The van der Waals surface area contributed by atoms with E-state index >= 15 is 0 Å². The maximum Gasteiger partial charge on any atom is 0.298 e. The number of Topliss-reactive ketones (excluding diaryl/α,β-unsaturated/α-hetero) is 1. The third-order valence-electron chi connectivity index (χ3n) is 13.7. The van der Waals surface area contributed by atoms with Crippen molar-refractivity contribution in [3.05, 3.63) is 82.0 Å². The lowest BCUT2D eigenvalue weighted by atomic mass is 9.45. The minimum atomic E-state index is -1.63. The minimum absolute atomic E-state index is 0.0174. The molecule has 5 aliphatic carbocycles. The summed E-state index contributed by atoms with van der Waals surface area (Å²) in [6.07, 6.45) is 5.52. The lowest BCUT2D eigenvalue weighted by Crippen LogP contribution is -2.62. The number of phenols is 1. The quantitative estimate of drug-likeness (QED) is 0.0821. The fourth-order valence-corrected chi connectivity index (χ4v) is 11.0. The summed E-state index contributed by atoms with van der Waals surface area (Å²) >= 11 is 0. The number of aliphatic hydroxyl groups is 3. The molecule has 1 amide bonds. The van der Waals surface area contributed by atoms with Crippen LogP contribution < -0.4 is 15.5 Å². The van der Waals surface area contributed by atoms with E-state index in [0.29, 0.717) is 76.9 Å². The molecule has 1 aliphatic heterocycles. The number of oxime groups is 1. The van der Waals surface area contributed by atoms with Crippen molar-refractivity contribution in [3.8, 4) is 33.9 Å². The second-order valence-electron chi connectivity index (χ2n) is 16.6. The summed E-state index contributed by atoms with van der Waals surface area (Å²) in [4.78, 5) is 54.9. The number of carbonyl (C=O) groups excluding carboxylic acids is 3. The summed E-state index contributed by atoms with van der Waals surface area (Å²) in [6.45, 7) is 3.49. The van der Waals surface area contributed by atoms with Crippen LogP contribution in [0, 0.1) is 28.6 Å². The molecule has 0 aromatic heterocycles. The number of nitrogens with one attached hydrogen (secondary N) is 1. The first-order valence-corrected chi connectivity index (χ1v) is 19.4. The van der Waals surface area contributed by atoms with Crippen LogP contribution in [0.5, 0.6) is 11.5 Å². The van der Waals surface area contributed by atoms with E-state index in [1.54, 1.807) is 30.3 Å². The molecule has 2 aromatic carbocycles. The number of rotatable bonds is 10. The third-order valence-corrected chi connectivity index (χ3v) is 13.7. The maximum absolute atomic E-state index is 12.9. The smallest absolute Gasteiger partial charge is 0.298 e. The molecule has 13 heteroatoms. The Hall–Kier alpha value is -5.37. The fourth-order valence-electron chi connectivity index (χ4n) is 11.0. The summed E-state index contributed by atoms with van der Waals surface area (Å²) in [7, 11) is 0. The Labute approximate surface area is 328 Å². The van der Waals surface area contributed by atoms with Gasteiger partial charge in [-0.2, -0.15) is 0 Å². The molecule has 3 fully saturated rings. The Balaban J connectivity index is 0.930. The number of ether oxygens (including phenoxy) is 1. The summed E-state index contributed by atoms with van der Waals surface area (Å²) < 4.78 is 11.4. The van der Waals surface area contributed by atoms with Crippen molar-refractivity contribution in [1.29, 1.82) is 0 Å². The molecular weight excluding hydrogens is 732 g/mol.